The number of nitrogens with zero attached hydrogens (tertiary/aromatic N) is 2. The number of likely N-dealkylation sites (tertiary alicyclic amines) is 2. The van der Waals surface area contributed by atoms with Crippen molar-refractivity contribution in [1.29, 1.82) is 0 Å². The van der Waals surface area contributed by atoms with Crippen LogP contribution in [0.15, 0.2) is 30.3 Å². The molecular formula is C19H27N3O2. The maximum absolute atomic E-state index is 12.2. The molecule has 1 atom stereocenters. The molecule has 0 bridgehead atoms. The lowest BCUT2D eigenvalue weighted by Crippen LogP contribution is -2.50. The zero-order valence-electron chi connectivity index (χ0n) is 14.2. The fourth-order valence-corrected chi connectivity index (χ4v) is 3.63. The zero-order valence-corrected chi connectivity index (χ0v) is 14.2. The van der Waals surface area contributed by atoms with E-state index < -0.39 is 0 Å². The first-order valence-corrected chi connectivity index (χ1v) is 9.04. The molecular weight excluding hydrogens is 302 g/mol. The summed E-state index contributed by atoms with van der Waals surface area (Å²) in [6.45, 7) is 3.98. The van der Waals surface area contributed by atoms with E-state index in [0.717, 1.165) is 51.9 Å². The number of carbonyl (C=O) groups excluding carboxylic acids is 2. The minimum absolute atomic E-state index is 0.0137. The normalized spacial score (nSPS) is 21.9. The van der Waals surface area contributed by atoms with Gasteiger partial charge < -0.3 is 15.1 Å². The molecule has 3 rings (SSSR count). The third kappa shape index (κ3) is 4.81. The molecule has 1 N–H and O–H groups in total. The maximum atomic E-state index is 12.2. The van der Waals surface area contributed by atoms with Gasteiger partial charge in [0.2, 0.25) is 11.8 Å². The van der Waals surface area contributed by atoms with Gasteiger partial charge in [0.1, 0.15) is 0 Å². The van der Waals surface area contributed by atoms with E-state index in [0.29, 0.717) is 6.42 Å². The second kappa shape index (κ2) is 8.29. The number of nitrogens with one attached hydrogen (secondary N) is 1. The maximum Gasteiger partial charge on any atom is 0.239 e. The highest BCUT2D eigenvalue weighted by molar-refractivity contribution is 5.85. The van der Waals surface area contributed by atoms with Gasteiger partial charge in [0.05, 0.1) is 6.54 Å². The number of piperidine rings is 1. The Morgan fingerprint density at radius 3 is 2.75 bits per heavy atom. The van der Waals surface area contributed by atoms with Gasteiger partial charge in [-0.15, -0.1) is 0 Å². The van der Waals surface area contributed by atoms with Gasteiger partial charge in [0, 0.05) is 32.1 Å². The highest BCUT2D eigenvalue weighted by atomic mass is 16.2. The molecule has 5 nitrogen and oxygen atoms in total. The Labute approximate surface area is 144 Å². The van der Waals surface area contributed by atoms with Crippen LogP contribution in [0.3, 0.4) is 0 Å². The van der Waals surface area contributed by atoms with Gasteiger partial charge in [-0.05, 0) is 37.8 Å². The largest absolute Gasteiger partial charge is 0.351 e. The van der Waals surface area contributed by atoms with Crippen molar-refractivity contribution in [2.24, 2.45) is 0 Å². The van der Waals surface area contributed by atoms with Gasteiger partial charge in [-0.3, -0.25) is 9.59 Å². The Bertz CT molecular complexity index is 561. The summed E-state index contributed by atoms with van der Waals surface area (Å²) in [6, 6.07) is 10.7. The Hall–Kier alpha value is -1.88. The molecule has 2 fully saturated rings. The van der Waals surface area contributed by atoms with Gasteiger partial charge in [0.25, 0.3) is 0 Å². The van der Waals surface area contributed by atoms with E-state index >= 15 is 0 Å². The molecule has 2 amide bonds. The fourth-order valence-electron chi connectivity index (χ4n) is 3.63. The average molecular weight is 329 g/mol. The van der Waals surface area contributed by atoms with Crippen molar-refractivity contribution in [3.8, 4) is 0 Å². The van der Waals surface area contributed by atoms with E-state index in [1.807, 2.05) is 6.07 Å². The van der Waals surface area contributed by atoms with Crippen LogP contribution in [0.1, 0.15) is 31.2 Å². The third-order valence-electron chi connectivity index (χ3n) is 4.94. The van der Waals surface area contributed by atoms with Gasteiger partial charge >= 0.3 is 0 Å². The lowest BCUT2D eigenvalue weighted by Gasteiger charge is -2.33. The van der Waals surface area contributed by atoms with Crippen LogP contribution in [-0.2, 0) is 16.0 Å². The third-order valence-corrected chi connectivity index (χ3v) is 4.94. The van der Waals surface area contributed by atoms with Gasteiger partial charge in [-0.2, -0.15) is 0 Å². The summed E-state index contributed by atoms with van der Waals surface area (Å²) < 4.78 is 0. The monoisotopic (exact) mass is 329 g/mol. The van der Waals surface area contributed by atoms with Crippen LogP contribution in [-0.4, -0.2) is 60.4 Å². The topological polar surface area (TPSA) is 52.7 Å². The summed E-state index contributed by atoms with van der Waals surface area (Å²) in [5.74, 6) is 0.0958. The summed E-state index contributed by atoms with van der Waals surface area (Å²) in [6.07, 6.45) is 4.65. The zero-order chi connectivity index (χ0) is 16.8. The number of hydrogen-bond acceptors (Lipinski definition) is 3. The fraction of sp³-hybridized carbons (Fsp3) is 0.579. The van der Waals surface area contributed by atoms with Crippen LogP contribution >= 0.6 is 0 Å². The quantitative estimate of drug-likeness (QED) is 0.859. The molecule has 0 aliphatic carbocycles. The van der Waals surface area contributed by atoms with Crippen molar-refractivity contribution in [3.63, 3.8) is 0 Å². The standard InChI is InChI=1S/C19H27N3O2/c23-18(15-22-12-5-9-19(22)24)20-17-8-4-11-21(14-17)13-10-16-6-2-1-3-7-16/h1-3,6-7,17H,4-5,8-15H2,(H,20,23)/t17-/m1/s1. The SMILES string of the molecule is O=C(CN1CCCC1=O)N[C@@H]1CCCN(CCc2ccccc2)C1. The van der Waals surface area contributed by atoms with E-state index in [9.17, 15) is 9.59 Å². The molecule has 2 saturated heterocycles. The summed E-state index contributed by atoms with van der Waals surface area (Å²) in [4.78, 5) is 27.9. The molecule has 0 saturated carbocycles. The van der Waals surface area contributed by atoms with E-state index in [2.05, 4.69) is 34.5 Å². The summed E-state index contributed by atoms with van der Waals surface area (Å²) >= 11 is 0. The molecule has 2 aliphatic heterocycles. The van der Waals surface area contributed by atoms with Crippen molar-refractivity contribution in [2.45, 2.75) is 38.1 Å². The van der Waals surface area contributed by atoms with E-state index in [4.69, 9.17) is 0 Å². The van der Waals surface area contributed by atoms with Crippen molar-refractivity contribution < 1.29 is 9.59 Å². The first-order chi connectivity index (χ1) is 11.7. The molecule has 24 heavy (non-hydrogen) atoms. The summed E-state index contributed by atoms with van der Waals surface area (Å²) in [5.41, 5.74) is 1.36. The number of amides is 2. The smallest absolute Gasteiger partial charge is 0.239 e. The van der Waals surface area contributed by atoms with Gasteiger partial charge in [-0.25, -0.2) is 0 Å². The Balaban J connectivity index is 1.41. The Morgan fingerprint density at radius 1 is 1.17 bits per heavy atom. The first kappa shape index (κ1) is 17.0. The van der Waals surface area contributed by atoms with E-state index in [1.54, 1.807) is 4.90 Å². The predicted molar refractivity (Wildman–Crippen MR) is 93.6 cm³/mol. The lowest BCUT2D eigenvalue weighted by molar-refractivity contribution is -0.133. The molecule has 0 radical (unpaired) electrons. The average Bonchev–Trinajstić information content (AvgIpc) is 2.99. The molecule has 2 aliphatic rings. The van der Waals surface area contributed by atoms with Crippen LogP contribution in [0.5, 0.6) is 0 Å². The molecule has 1 aromatic rings. The molecule has 0 unspecified atom stereocenters. The molecule has 2 heterocycles. The molecule has 0 spiro atoms. The first-order valence-electron chi connectivity index (χ1n) is 9.04. The molecule has 1 aromatic carbocycles. The van der Waals surface area contributed by atoms with Crippen molar-refractivity contribution in [1.82, 2.24) is 15.1 Å². The van der Waals surface area contributed by atoms with E-state index in [-0.39, 0.29) is 24.4 Å². The van der Waals surface area contributed by atoms with Crippen LogP contribution in [0.25, 0.3) is 0 Å². The Morgan fingerprint density at radius 2 is 2.00 bits per heavy atom. The number of carbonyl (C=O) groups is 2. The minimum atomic E-state index is -0.0137. The van der Waals surface area contributed by atoms with Gasteiger partial charge in [0.15, 0.2) is 0 Å². The van der Waals surface area contributed by atoms with Crippen LogP contribution < -0.4 is 5.32 Å². The van der Waals surface area contributed by atoms with Crippen LogP contribution in [0, 0.1) is 0 Å². The predicted octanol–water partition coefficient (Wildman–Crippen LogP) is 1.43. The number of hydrogen-bond donors (Lipinski definition) is 1. The van der Waals surface area contributed by atoms with Crippen LogP contribution in [0.4, 0.5) is 0 Å². The summed E-state index contributed by atoms with van der Waals surface area (Å²) in [5, 5.41) is 3.12. The van der Waals surface area contributed by atoms with E-state index in [1.165, 1.54) is 5.56 Å². The van der Waals surface area contributed by atoms with Crippen molar-refractivity contribution in [3.05, 3.63) is 35.9 Å². The summed E-state index contributed by atoms with van der Waals surface area (Å²) in [7, 11) is 0. The molecule has 0 aromatic heterocycles. The molecule has 130 valence electrons. The van der Waals surface area contributed by atoms with Gasteiger partial charge in [-0.1, -0.05) is 30.3 Å². The Kier molecular flexibility index (Phi) is 5.86. The molecule has 5 heteroatoms. The second-order valence-electron chi connectivity index (χ2n) is 6.86. The van der Waals surface area contributed by atoms with Crippen molar-refractivity contribution >= 4 is 11.8 Å². The van der Waals surface area contributed by atoms with Crippen molar-refractivity contribution in [2.75, 3.05) is 32.7 Å². The number of benzene rings is 1. The highest BCUT2D eigenvalue weighted by Gasteiger charge is 2.25. The van der Waals surface area contributed by atoms with Crippen LogP contribution in [0.2, 0.25) is 0 Å². The number of rotatable bonds is 6. The minimum Gasteiger partial charge on any atom is -0.351 e. The lowest BCUT2D eigenvalue weighted by atomic mass is 10.0. The highest BCUT2D eigenvalue weighted by Crippen LogP contribution is 2.12. The second-order valence-corrected chi connectivity index (χ2v) is 6.86.